The molecule has 0 aromatic heterocycles. The van der Waals surface area contributed by atoms with E-state index in [1.54, 1.807) is 13.2 Å². The Morgan fingerprint density at radius 2 is 2.28 bits per heavy atom. The fourth-order valence-corrected chi connectivity index (χ4v) is 1.73. The number of para-hydroxylation sites is 1. The molecule has 0 heterocycles. The van der Waals surface area contributed by atoms with Gasteiger partial charge in [0.2, 0.25) is 0 Å². The second kappa shape index (κ2) is 7.18. The Morgan fingerprint density at radius 1 is 1.56 bits per heavy atom. The number of carboxylic acids is 1. The molecule has 5 heteroatoms. The molecule has 0 aliphatic carbocycles. The Kier molecular flexibility index (Phi) is 5.88. The summed E-state index contributed by atoms with van der Waals surface area (Å²) >= 11 is 3.38. The predicted octanol–water partition coefficient (Wildman–Crippen LogP) is 2.96. The molecule has 0 aliphatic rings. The quantitative estimate of drug-likeness (QED) is 0.820. The molecular formula is C13H15BrO4. The summed E-state index contributed by atoms with van der Waals surface area (Å²) in [5, 5.41) is 8.63. The normalized spacial score (nSPS) is 12.6. The molecule has 1 N–H and O–H groups in total. The van der Waals surface area contributed by atoms with E-state index in [1.807, 2.05) is 19.1 Å². The fraction of sp³-hybridized carbons (Fsp3) is 0.308. The number of benzene rings is 1. The van der Waals surface area contributed by atoms with Gasteiger partial charge >= 0.3 is 5.97 Å². The van der Waals surface area contributed by atoms with Crippen LogP contribution in [0.25, 0.3) is 6.08 Å². The molecule has 1 aromatic carbocycles. The standard InChI is InChI=1S/C13H15BrO4/c1-9(17-2)8-18-13-10(6-7-12(15)16)4-3-5-11(13)14/h3-7,9H,8H2,1-2H3,(H,15,16)/b7-6+. The van der Waals surface area contributed by atoms with Gasteiger partial charge in [-0.15, -0.1) is 0 Å². The maximum atomic E-state index is 10.5. The van der Waals surface area contributed by atoms with Crippen LogP contribution in [-0.2, 0) is 9.53 Å². The highest BCUT2D eigenvalue weighted by atomic mass is 79.9. The van der Waals surface area contributed by atoms with Crippen LogP contribution in [0.3, 0.4) is 0 Å². The Labute approximate surface area is 114 Å². The smallest absolute Gasteiger partial charge is 0.328 e. The molecule has 1 unspecified atom stereocenters. The van der Waals surface area contributed by atoms with Gasteiger partial charge in [0.1, 0.15) is 12.4 Å². The number of carbonyl (C=O) groups is 1. The molecule has 0 amide bonds. The number of aliphatic carboxylic acids is 1. The van der Waals surface area contributed by atoms with Gasteiger partial charge < -0.3 is 14.6 Å². The Morgan fingerprint density at radius 3 is 2.89 bits per heavy atom. The zero-order valence-electron chi connectivity index (χ0n) is 10.2. The first-order valence-electron chi connectivity index (χ1n) is 5.39. The third-order valence-electron chi connectivity index (χ3n) is 2.27. The van der Waals surface area contributed by atoms with E-state index in [0.717, 1.165) is 10.5 Å². The summed E-state index contributed by atoms with van der Waals surface area (Å²) in [7, 11) is 1.61. The van der Waals surface area contributed by atoms with Crippen molar-refractivity contribution in [2.24, 2.45) is 0 Å². The van der Waals surface area contributed by atoms with Gasteiger partial charge in [-0.3, -0.25) is 0 Å². The van der Waals surface area contributed by atoms with E-state index in [1.165, 1.54) is 6.08 Å². The van der Waals surface area contributed by atoms with Crippen molar-refractivity contribution in [2.75, 3.05) is 13.7 Å². The highest BCUT2D eigenvalue weighted by Gasteiger charge is 2.08. The van der Waals surface area contributed by atoms with Crippen LogP contribution in [-0.4, -0.2) is 30.9 Å². The predicted molar refractivity (Wildman–Crippen MR) is 72.8 cm³/mol. The Hall–Kier alpha value is -1.33. The average Bonchev–Trinajstić information content (AvgIpc) is 2.34. The molecular weight excluding hydrogens is 300 g/mol. The summed E-state index contributed by atoms with van der Waals surface area (Å²) in [6, 6.07) is 5.44. The van der Waals surface area contributed by atoms with Crippen molar-refractivity contribution in [2.45, 2.75) is 13.0 Å². The Bertz CT molecular complexity index is 443. The number of hydrogen-bond acceptors (Lipinski definition) is 3. The van der Waals surface area contributed by atoms with Crippen molar-refractivity contribution < 1.29 is 19.4 Å². The molecule has 98 valence electrons. The second-order valence-corrected chi connectivity index (χ2v) is 4.54. The van der Waals surface area contributed by atoms with Crippen molar-refractivity contribution in [3.63, 3.8) is 0 Å². The maximum Gasteiger partial charge on any atom is 0.328 e. The van der Waals surface area contributed by atoms with Crippen LogP contribution in [0.15, 0.2) is 28.7 Å². The van der Waals surface area contributed by atoms with Crippen LogP contribution >= 0.6 is 15.9 Å². The van der Waals surface area contributed by atoms with Crippen molar-refractivity contribution in [1.82, 2.24) is 0 Å². The minimum absolute atomic E-state index is 0.0339. The lowest BCUT2D eigenvalue weighted by molar-refractivity contribution is -0.131. The van der Waals surface area contributed by atoms with Crippen molar-refractivity contribution in [3.05, 3.63) is 34.3 Å². The van der Waals surface area contributed by atoms with Gasteiger partial charge in [0, 0.05) is 18.7 Å². The summed E-state index contributed by atoms with van der Waals surface area (Å²) in [6.45, 7) is 2.29. The molecule has 4 nitrogen and oxygen atoms in total. The molecule has 18 heavy (non-hydrogen) atoms. The minimum Gasteiger partial charge on any atom is -0.489 e. The molecule has 0 spiro atoms. The van der Waals surface area contributed by atoms with Gasteiger partial charge in [-0.05, 0) is 35.0 Å². The molecule has 1 aromatic rings. The van der Waals surface area contributed by atoms with Crippen LogP contribution < -0.4 is 4.74 Å². The fourth-order valence-electron chi connectivity index (χ4n) is 1.24. The summed E-state index contributed by atoms with van der Waals surface area (Å²) < 4.78 is 11.5. The number of methoxy groups -OCH3 is 1. The largest absolute Gasteiger partial charge is 0.489 e. The SMILES string of the molecule is COC(C)COc1c(Br)cccc1/C=C/C(=O)O. The Balaban J connectivity index is 2.90. The van der Waals surface area contributed by atoms with Crippen LogP contribution in [0.4, 0.5) is 0 Å². The molecule has 1 rings (SSSR count). The number of ether oxygens (including phenoxy) is 2. The summed E-state index contributed by atoms with van der Waals surface area (Å²) in [4.78, 5) is 10.5. The van der Waals surface area contributed by atoms with E-state index >= 15 is 0 Å². The average molecular weight is 315 g/mol. The first-order chi connectivity index (χ1) is 8.54. The molecule has 0 saturated heterocycles. The van der Waals surface area contributed by atoms with Gasteiger partial charge in [-0.1, -0.05) is 12.1 Å². The third kappa shape index (κ3) is 4.50. The lowest BCUT2D eigenvalue weighted by Gasteiger charge is -2.14. The van der Waals surface area contributed by atoms with Gasteiger partial charge in [-0.2, -0.15) is 0 Å². The molecule has 0 radical (unpaired) electrons. The van der Waals surface area contributed by atoms with Gasteiger partial charge in [0.15, 0.2) is 0 Å². The summed E-state index contributed by atoms with van der Waals surface area (Å²) in [5.74, 6) is -0.384. The molecule has 1 atom stereocenters. The van der Waals surface area contributed by atoms with E-state index in [4.69, 9.17) is 14.6 Å². The monoisotopic (exact) mass is 314 g/mol. The molecule has 0 bridgehead atoms. The van der Waals surface area contributed by atoms with E-state index < -0.39 is 5.97 Å². The highest BCUT2D eigenvalue weighted by Crippen LogP contribution is 2.30. The molecule has 0 aliphatic heterocycles. The van der Waals surface area contributed by atoms with E-state index in [2.05, 4.69) is 15.9 Å². The first-order valence-corrected chi connectivity index (χ1v) is 6.19. The summed E-state index contributed by atoms with van der Waals surface area (Å²) in [5.41, 5.74) is 0.704. The van der Waals surface area contributed by atoms with Crippen molar-refractivity contribution in [1.29, 1.82) is 0 Å². The maximum absolute atomic E-state index is 10.5. The van der Waals surface area contributed by atoms with Crippen molar-refractivity contribution >= 4 is 28.0 Å². The highest BCUT2D eigenvalue weighted by molar-refractivity contribution is 9.10. The third-order valence-corrected chi connectivity index (χ3v) is 2.89. The van der Waals surface area contributed by atoms with Gasteiger partial charge in [0.25, 0.3) is 0 Å². The first kappa shape index (κ1) is 14.7. The minimum atomic E-state index is -0.994. The topological polar surface area (TPSA) is 55.8 Å². The van der Waals surface area contributed by atoms with Crippen LogP contribution in [0.5, 0.6) is 5.75 Å². The number of carboxylic acid groups (broad SMARTS) is 1. The van der Waals surface area contributed by atoms with E-state index in [0.29, 0.717) is 17.9 Å². The number of rotatable bonds is 6. The summed E-state index contributed by atoms with van der Waals surface area (Å²) in [6.07, 6.45) is 2.54. The zero-order chi connectivity index (χ0) is 13.5. The van der Waals surface area contributed by atoms with E-state index in [9.17, 15) is 4.79 Å². The van der Waals surface area contributed by atoms with Gasteiger partial charge in [0.05, 0.1) is 10.6 Å². The van der Waals surface area contributed by atoms with Crippen LogP contribution in [0.2, 0.25) is 0 Å². The van der Waals surface area contributed by atoms with Crippen LogP contribution in [0.1, 0.15) is 12.5 Å². The lowest BCUT2D eigenvalue weighted by Crippen LogP contribution is -2.16. The number of hydrogen-bond donors (Lipinski definition) is 1. The van der Waals surface area contributed by atoms with Crippen LogP contribution in [0, 0.1) is 0 Å². The molecule has 0 saturated carbocycles. The number of halogens is 1. The van der Waals surface area contributed by atoms with Crippen molar-refractivity contribution in [3.8, 4) is 5.75 Å². The van der Waals surface area contributed by atoms with E-state index in [-0.39, 0.29) is 6.10 Å². The lowest BCUT2D eigenvalue weighted by atomic mass is 10.2. The van der Waals surface area contributed by atoms with Gasteiger partial charge in [-0.25, -0.2) is 4.79 Å². The second-order valence-electron chi connectivity index (χ2n) is 3.69. The molecule has 0 fully saturated rings. The zero-order valence-corrected chi connectivity index (χ0v) is 11.8.